The molecule has 96 valence electrons. The summed E-state index contributed by atoms with van der Waals surface area (Å²) in [6.07, 6.45) is 11.2. The predicted molar refractivity (Wildman–Crippen MR) is 76.3 cm³/mol. The average molecular weight is 243 g/mol. The number of hydrogen-bond acceptors (Lipinski definition) is 2. The maximum Gasteiger partial charge on any atom is 0.0201 e. The van der Waals surface area contributed by atoms with E-state index in [1.807, 2.05) is 0 Å². The molecule has 0 aromatic carbocycles. The Morgan fingerprint density at radius 2 is 1.88 bits per heavy atom. The molecule has 0 radical (unpaired) electrons. The average Bonchev–Trinajstić information content (AvgIpc) is 2.52. The molecule has 1 nitrogen and oxygen atoms in total. The number of nitrogens with one attached hydrogen (secondary N) is 1. The standard InChI is InChI=1S/C14H29NS/c1-3-5-12-16-14-10-8-6-7-9-13(14)15-11-4-2/h13-15H,3-12H2,1-2H3. The molecule has 2 atom stereocenters. The first-order valence-corrected chi connectivity index (χ1v) is 8.28. The van der Waals surface area contributed by atoms with Gasteiger partial charge in [0.1, 0.15) is 0 Å². The van der Waals surface area contributed by atoms with Crippen LogP contribution in [0.1, 0.15) is 65.2 Å². The fourth-order valence-corrected chi connectivity index (χ4v) is 3.97. The second kappa shape index (κ2) is 9.35. The SMILES string of the molecule is CCCCSC1CCCCCC1NCCC. The summed E-state index contributed by atoms with van der Waals surface area (Å²) in [5.41, 5.74) is 0. The van der Waals surface area contributed by atoms with E-state index in [0.717, 1.165) is 11.3 Å². The Bertz CT molecular complexity index is 161. The van der Waals surface area contributed by atoms with Gasteiger partial charge in [0, 0.05) is 11.3 Å². The Hall–Kier alpha value is 0.310. The summed E-state index contributed by atoms with van der Waals surface area (Å²) in [6, 6.07) is 0.796. The summed E-state index contributed by atoms with van der Waals surface area (Å²) < 4.78 is 0. The summed E-state index contributed by atoms with van der Waals surface area (Å²) in [6.45, 7) is 5.76. The molecule has 0 aromatic rings. The van der Waals surface area contributed by atoms with Crippen LogP contribution in [0.3, 0.4) is 0 Å². The second-order valence-corrected chi connectivity index (χ2v) is 6.31. The Morgan fingerprint density at radius 1 is 1.06 bits per heavy atom. The minimum Gasteiger partial charge on any atom is -0.313 e. The van der Waals surface area contributed by atoms with Gasteiger partial charge < -0.3 is 5.32 Å². The first kappa shape index (κ1) is 14.4. The van der Waals surface area contributed by atoms with Crippen molar-refractivity contribution in [2.45, 2.75) is 76.5 Å². The maximum absolute atomic E-state index is 3.77. The van der Waals surface area contributed by atoms with E-state index >= 15 is 0 Å². The molecule has 0 aliphatic heterocycles. The molecule has 0 saturated heterocycles. The number of rotatable bonds is 7. The van der Waals surface area contributed by atoms with Crippen molar-refractivity contribution in [1.82, 2.24) is 5.32 Å². The van der Waals surface area contributed by atoms with Crippen molar-refractivity contribution >= 4 is 11.8 Å². The highest BCUT2D eigenvalue weighted by atomic mass is 32.2. The molecule has 1 saturated carbocycles. The number of hydrogen-bond donors (Lipinski definition) is 1. The molecule has 1 aliphatic carbocycles. The lowest BCUT2D eigenvalue weighted by atomic mass is 10.1. The lowest BCUT2D eigenvalue weighted by Crippen LogP contribution is -2.38. The highest BCUT2D eigenvalue weighted by molar-refractivity contribution is 7.99. The van der Waals surface area contributed by atoms with Gasteiger partial charge in [-0.25, -0.2) is 0 Å². The van der Waals surface area contributed by atoms with Crippen molar-refractivity contribution < 1.29 is 0 Å². The van der Waals surface area contributed by atoms with Crippen LogP contribution in [0.25, 0.3) is 0 Å². The zero-order valence-electron chi connectivity index (χ0n) is 11.1. The fourth-order valence-electron chi connectivity index (χ4n) is 2.42. The fraction of sp³-hybridized carbons (Fsp3) is 1.00. The Morgan fingerprint density at radius 3 is 2.62 bits per heavy atom. The lowest BCUT2D eigenvalue weighted by Gasteiger charge is -2.25. The van der Waals surface area contributed by atoms with E-state index in [-0.39, 0.29) is 0 Å². The molecule has 0 amide bonds. The molecular formula is C14H29NS. The monoisotopic (exact) mass is 243 g/mol. The van der Waals surface area contributed by atoms with E-state index < -0.39 is 0 Å². The van der Waals surface area contributed by atoms with Crippen LogP contribution in [0.15, 0.2) is 0 Å². The van der Waals surface area contributed by atoms with Crippen molar-refractivity contribution in [3.8, 4) is 0 Å². The second-order valence-electron chi connectivity index (χ2n) is 4.96. The van der Waals surface area contributed by atoms with Crippen molar-refractivity contribution in [2.75, 3.05) is 12.3 Å². The van der Waals surface area contributed by atoms with Gasteiger partial charge in [0.25, 0.3) is 0 Å². The minimum atomic E-state index is 0.796. The topological polar surface area (TPSA) is 12.0 Å². The van der Waals surface area contributed by atoms with Crippen molar-refractivity contribution in [3.05, 3.63) is 0 Å². The summed E-state index contributed by atoms with van der Waals surface area (Å²) in [5.74, 6) is 1.37. The van der Waals surface area contributed by atoms with E-state index in [1.165, 1.54) is 63.7 Å². The molecule has 1 aliphatic rings. The molecule has 1 fully saturated rings. The smallest absolute Gasteiger partial charge is 0.0201 e. The number of unbranched alkanes of at least 4 members (excludes halogenated alkanes) is 1. The van der Waals surface area contributed by atoms with Crippen LogP contribution in [0.5, 0.6) is 0 Å². The maximum atomic E-state index is 3.77. The first-order valence-electron chi connectivity index (χ1n) is 7.23. The van der Waals surface area contributed by atoms with Gasteiger partial charge in [0.15, 0.2) is 0 Å². The van der Waals surface area contributed by atoms with Crippen LogP contribution in [0, 0.1) is 0 Å². The van der Waals surface area contributed by atoms with E-state index in [9.17, 15) is 0 Å². The van der Waals surface area contributed by atoms with Crippen molar-refractivity contribution in [3.63, 3.8) is 0 Å². The zero-order chi connectivity index (χ0) is 11.6. The molecule has 1 rings (SSSR count). The van der Waals surface area contributed by atoms with Crippen LogP contribution in [-0.2, 0) is 0 Å². The van der Waals surface area contributed by atoms with Gasteiger partial charge in [-0.1, -0.05) is 39.5 Å². The molecule has 16 heavy (non-hydrogen) atoms. The summed E-state index contributed by atoms with van der Waals surface area (Å²) in [4.78, 5) is 0. The molecule has 2 unspecified atom stereocenters. The highest BCUT2D eigenvalue weighted by Crippen LogP contribution is 2.28. The van der Waals surface area contributed by atoms with Gasteiger partial charge in [-0.15, -0.1) is 0 Å². The van der Waals surface area contributed by atoms with Gasteiger partial charge in [0.2, 0.25) is 0 Å². The van der Waals surface area contributed by atoms with E-state index in [1.54, 1.807) is 0 Å². The van der Waals surface area contributed by atoms with Gasteiger partial charge in [-0.2, -0.15) is 11.8 Å². The number of thioether (sulfide) groups is 1. The van der Waals surface area contributed by atoms with Crippen LogP contribution in [-0.4, -0.2) is 23.6 Å². The molecular weight excluding hydrogens is 214 g/mol. The van der Waals surface area contributed by atoms with Crippen molar-refractivity contribution in [1.29, 1.82) is 0 Å². The van der Waals surface area contributed by atoms with E-state index in [4.69, 9.17) is 0 Å². The van der Waals surface area contributed by atoms with E-state index in [0.29, 0.717) is 0 Å². The molecule has 0 spiro atoms. The largest absolute Gasteiger partial charge is 0.313 e. The van der Waals surface area contributed by atoms with Crippen LogP contribution >= 0.6 is 11.8 Å². The highest BCUT2D eigenvalue weighted by Gasteiger charge is 2.22. The Labute approximate surface area is 106 Å². The summed E-state index contributed by atoms with van der Waals surface area (Å²) in [7, 11) is 0. The van der Waals surface area contributed by atoms with Gasteiger partial charge in [-0.05, 0) is 38.0 Å². The minimum absolute atomic E-state index is 0.796. The quantitative estimate of drug-likeness (QED) is 0.531. The molecule has 0 aromatic heterocycles. The van der Waals surface area contributed by atoms with Gasteiger partial charge >= 0.3 is 0 Å². The molecule has 2 heteroatoms. The Balaban J connectivity index is 2.32. The van der Waals surface area contributed by atoms with Crippen molar-refractivity contribution in [2.24, 2.45) is 0 Å². The first-order chi connectivity index (χ1) is 7.88. The zero-order valence-corrected chi connectivity index (χ0v) is 12.0. The lowest BCUT2D eigenvalue weighted by molar-refractivity contribution is 0.470. The molecule has 0 bridgehead atoms. The molecule has 1 N–H and O–H groups in total. The van der Waals surface area contributed by atoms with Crippen LogP contribution in [0.4, 0.5) is 0 Å². The molecule has 0 heterocycles. The summed E-state index contributed by atoms with van der Waals surface area (Å²) >= 11 is 2.23. The third-order valence-electron chi connectivity index (χ3n) is 3.44. The summed E-state index contributed by atoms with van der Waals surface area (Å²) in [5, 5.41) is 4.66. The van der Waals surface area contributed by atoms with E-state index in [2.05, 4.69) is 30.9 Å². The Kier molecular flexibility index (Phi) is 8.40. The van der Waals surface area contributed by atoms with Gasteiger partial charge in [0.05, 0.1) is 0 Å². The third-order valence-corrected chi connectivity index (χ3v) is 4.96. The van der Waals surface area contributed by atoms with Gasteiger partial charge in [-0.3, -0.25) is 0 Å². The van der Waals surface area contributed by atoms with Crippen LogP contribution in [0.2, 0.25) is 0 Å². The predicted octanol–water partition coefficient (Wildman–Crippen LogP) is 4.22. The normalized spacial score (nSPS) is 26.6. The van der Waals surface area contributed by atoms with Crippen LogP contribution < -0.4 is 5.32 Å². The third kappa shape index (κ3) is 5.58.